The van der Waals surface area contributed by atoms with Gasteiger partial charge in [-0.2, -0.15) is 0 Å². The molecule has 8 nitrogen and oxygen atoms in total. The van der Waals surface area contributed by atoms with Crippen molar-refractivity contribution in [1.29, 1.82) is 0 Å². The number of anilines is 1. The average Bonchev–Trinajstić information content (AvgIpc) is 2.62. The van der Waals surface area contributed by atoms with Gasteiger partial charge in [-0.25, -0.2) is 9.59 Å². The first-order valence-corrected chi connectivity index (χ1v) is 8.64. The van der Waals surface area contributed by atoms with E-state index >= 15 is 0 Å². The minimum atomic E-state index is -0.873. The minimum Gasteiger partial charge on any atom is -0.465 e. The topological polar surface area (TPSA) is 97.8 Å². The van der Waals surface area contributed by atoms with Crippen LogP contribution in [0.3, 0.4) is 0 Å². The molecule has 3 N–H and O–H groups in total. The van der Waals surface area contributed by atoms with E-state index in [-0.39, 0.29) is 6.03 Å². The predicted octanol–water partition coefficient (Wildman–Crippen LogP) is 1.96. The summed E-state index contributed by atoms with van der Waals surface area (Å²) in [4.78, 5) is 31.1. The summed E-state index contributed by atoms with van der Waals surface area (Å²) in [7, 11) is 0. The fraction of sp³-hybridized carbons (Fsp3) is 0.389. The van der Waals surface area contributed by atoms with E-state index in [9.17, 15) is 9.59 Å². The maximum Gasteiger partial charge on any atom is 0.407 e. The quantitative estimate of drug-likeness (QED) is 0.777. The Balaban J connectivity index is 1.49. The SMILES string of the molecule is Cc1cc(NC(=O)NCCN2CCN(C(=O)O)CC2)c2ccccc2n1. The van der Waals surface area contributed by atoms with E-state index in [1.165, 1.54) is 4.90 Å². The monoisotopic (exact) mass is 357 g/mol. The number of piperazine rings is 1. The second-order valence-corrected chi connectivity index (χ2v) is 6.32. The predicted molar refractivity (Wildman–Crippen MR) is 99.5 cm³/mol. The number of benzene rings is 1. The zero-order valence-corrected chi connectivity index (χ0v) is 14.7. The summed E-state index contributed by atoms with van der Waals surface area (Å²) in [6, 6.07) is 9.28. The van der Waals surface area contributed by atoms with E-state index in [0.29, 0.717) is 39.3 Å². The standard InChI is InChI=1S/C18H23N5O3/c1-13-12-16(14-4-2-3-5-15(14)20-13)21-17(24)19-6-7-22-8-10-23(11-9-22)18(25)26/h2-5,12H,6-11H2,1H3,(H,25,26)(H2,19,20,21,24). The van der Waals surface area contributed by atoms with Crippen molar-refractivity contribution in [3.05, 3.63) is 36.0 Å². The smallest absolute Gasteiger partial charge is 0.407 e. The molecule has 1 aromatic heterocycles. The highest BCUT2D eigenvalue weighted by molar-refractivity contribution is 6.00. The third-order valence-electron chi connectivity index (χ3n) is 4.45. The lowest BCUT2D eigenvalue weighted by atomic mass is 10.1. The van der Waals surface area contributed by atoms with Gasteiger partial charge in [-0.3, -0.25) is 9.88 Å². The van der Waals surface area contributed by atoms with Gasteiger partial charge in [0.05, 0.1) is 11.2 Å². The lowest BCUT2D eigenvalue weighted by molar-refractivity contribution is 0.106. The Morgan fingerprint density at radius 1 is 1.19 bits per heavy atom. The number of carbonyl (C=O) groups excluding carboxylic acids is 1. The number of carbonyl (C=O) groups is 2. The summed E-state index contributed by atoms with van der Waals surface area (Å²) in [5, 5.41) is 15.6. The lowest BCUT2D eigenvalue weighted by Crippen LogP contribution is -2.50. The molecule has 0 spiro atoms. The normalized spacial score (nSPS) is 15.0. The van der Waals surface area contributed by atoms with Crippen LogP contribution >= 0.6 is 0 Å². The molecule has 1 aliphatic heterocycles. The first-order chi connectivity index (χ1) is 12.5. The van der Waals surface area contributed by atoms with E-state index in [4.69, 9.17) is 5.11 Å². The fourth-order valence-electron chi connectivity index (χ4n) is 3.07. The van der Waals surface area contributed by atoms with Crippen molar-refractivity contribution in [3.63, 3.8) is 0 Å². The molecule has 0 atom stereocenters. The number of carboxylic acid groups (broad SMARTS) is 1. The number of para-hydroxylation sites is 1. The Morgan fingerprint density at radius 2 is 1.92 bits per heavy atom. The van der Waals surface area contributed by atoms with Crippen molar-refractivity contribution >= 4 is 28.7 Å². The van der Waals surface area contributed by atoms with Crippen LogP contribution in [0.5, 0.6) is 0 Å². The molecule has 0 unspecified atom stereocenters. The maximum atomic E-state index is 12.2. The van der Waals surface area contributed by atoms with Gasteiger partial charge in [0.15, 0.2) is 0 Å². The van der Waals surface area contributed by atoms with Crippen molar-refractivity contribution in [3.8, 4) is 0 Å². The van der Waals surface area contributed by atoms with E-state index in [1.54, 1.807) is 0 Å². The number of pyridine rings is 1. The highest BCUT2D eigenvalue weighted by Gasteiger charge is 2.19. The molecule has 3 rings (SSSR count). The molecule has 0 bridgehead atoms. The summed E-state index contributed by atoms with van der Waals surface area (Å²) >= 11 is 0. The summed E-state index contributed by atoms with van der Waals surface area (Å²) in [6.45, 7) is 5.46. The zero-order chi connectivity index (χ0) is 18.5. The number of nitrogens with zero attached hydrogens (tertiary/aromatic N) is 3. The number of nitrogens with one attached hydrogen (secondary N) is 2. The molecule has 0 aliphatic carbocycles. The van der Waals surface area contributed by atoms with Crippen LogP contribution in [0.4, 0.5) is 15.3 Å². The zero-order valence-electron chi connectivity index (χ0n) is 14.7. The van der Waals surface area contributed by atoms with Crippen LogP contribution in [-0.2, 0) is 0 Å². The van der Waals surface area contributed by atoms with Gasteiger partial charge in [-0.05, 0) is 19.1 Å². The summed E-state index contributed by atoms with van der Waals surface area (Å²) in [6.07, 6.45) is -0.873. The van der Waals surface area contributed by atoms with Crippen molar-refractivity contribution in [1.82, 2.24) is 20.1 Å². The van der Waals surface area contributed by atoms with E-state index in [2.05, 4.69) is 20.5 Å². The summed E-state index contributed by atoms with van der Waals surface area (Å²) in [5.41, 5.74) is 2.43. The van der Waals surface area contributed by atoms with Crippen LogP contribution in [0.15, 0.2) is 30.3 Å². The molecule has 0 radical (unpaired) electrons. The fourth-order valence-corrected chi connectivity index (χ4v) is 3.07. The number of fused-ring (bicyclic) bond motifs is 1. The van der Waals surface area contributed by atoms with Crippen molar-refractivity contribution in [2.45, 2.75) is 6.92 Å². The van der Waals surface area contributed by atoms with Gasteiger partial charge in [0.25, 0.3) is 0 Å². The van der Waals surface area contributed by atoms with Crippen LogP contribution in [0.1, 0.15) is 5.69 Å². The molecule has 3 amide bonds. The van der Waals surface area contributed by atoms with Gasteiger partial charge < -0.3 is 20.6 Å². The van der Waals surface area contributed by atoms with Gasteiger partial charge in [-0.15, -0.1) is 0 Å². The first-order valence-electron chi connectivity index (χ1n) is 8.64. The molecule has 2 heterocycles. The van der Waals surface area contributed by atoms with Crippen LogP contribution in [0, 0.1) is 6.92 Å². The molecule has 1 fully saturated rings. The highest BCUT2D eigenvalue weighted by Crippen LogP contribution is 2.22. The second-order valence-electron chi connectivity index (χ2n) is 6.32. The first kappa shape index (κ1) is 17.9. The van der Waals surface area contributed by atoms with E-state index in [1.807, 2.05) is 37.3 Å². The maximum absolute atomic E-state index is 12.2. The van der Waals surface area contributed by atoms with Gasteiger partial charge in [0.2, 0.25) is 0 Å². The molecule has 138 valence electrons. The van der Waals surface area contributed by atoms with E-state index in [0.717, 1.165) is 22.3 Å². The molecule has 0 saturated carbocycles. The molecule has 26 heavy (non-hydrogen) atoms. The minimum absolute atomic E-state index is 0.259. The molecule has 1 aliphatic rings. The molecule has 8 heteroatoms. The second kappa shape index (κ2) is 8.01. The molecule has 1 aromatic carbocycles. The number of aromatic nitrogens is 1. The number of urea groups is 1. The lowest BCUT2D eigenvalue weighted by Gasteiger charge is -2.32. The van der Waals surface area contributed by atoms with Gasteiger partial charge in [0.1, 0.15) is 0 Å². The van der Waals surface area contributed by atoms with E-state index < -0.39 is 6.09 Å². The Morgan fingerprint density at radius 3 is 2.65 bits per heavy atom. The van der Waals surface area contributed by atoms with Crippen molar-refractivity contribution < 1.29 is 14.7 Å². The van der Waals surface area contributed by atoms with Crippen LogP contribution in [0.25, 0.3) is 10.9 Å². The number of hydrogen-bond acceptors (Lipinski definition) is 4. The molecular weight excluding hydrogens is 334 g/mol. The molecule has 2 aromatic rings. The number of aryl methyl sites for hydroxylation is 1. The van der Waals surface area contributed by atoms with Crippen LogP contribution < -0.4 is 10.6 Å². The van der Waals surface area contributed by atoms with Gasteiger partial charge in [0, 0.05) is 50.3 Å². The molecular formula is C18H23N5O3. The number of rotatable bonds is 4. The summed E-state index contributed by atoms with van der Waals surface area (Å²) in [5.74, 6) is 0. The third-order valence-corrected chi connectivity index (χ3v) is 4.45. The molecule has 1 saturated heterocycles. The average molecular weight is 357 g/mol. The Bertz CT molecular complexity index is 803. The Hall–Kier alpha value is -2.87. The number of hydrogen-bond donors (Lipinski definition) is 3. The van der Waals surface area contributed by atoms with Crippen LogP contribution in [-0.4, -0.2) is 71.3 Å². The largest absolute Gasteiger partial charge is 0.465 e. The summed E-state index contributed by atoms with van der Waals surface area (Å²) < 4.78 is 0. The van der Waals surface area contributed by atoms with Crippen LogP contribution in [0.2, 0.25) is 0 Å². The Labute approximate surface area is 151 Å². The Kier molecular flexibility index (Phi) is 5.52. The van der Waals surface area contributed by atoms with Gasteiger partial charge in [-0.1, -0.05) is 18.2 Å². The number of amides is 3. The highest BCUT2D eigenvalue weighted by atomic mass is 16.4. The van der Waals surface area contributed by atoms with Gasteiger partial charge >= 0.3 is 12.1 Å². The third kappa shape index (κ3) is 4.40. The van der Waals surface area contributed by atoms with Crippen molar-refractivity contribution in [2.75, 3.05) is 44.6 Å². The van der Waals surface area contributed by atoms with Crippen molar-refractivity contribution in [2.24, 2.45) is 0 Å².